The molecule has 0 heterocycles. The smallest absolute Gasteiger partial charge is 0.253 e. The molecule has 0 bridgehead atoms. The Morgan fingerprint density at radius 1 is 1.33 bits per heavy atom. The molecule has 18 heavy (non-hydrogen) atoms. The molecule has 0 saturated heterocycles. The van der Waals surface area contributed by atoms with Crippen LogP contribution in [0.2, 0.25) is 0 Å². The van der Waals surface area contributed by atoms with E-state index >= 15 is 0 Å². The van der Waals surface area contributed by atoms with Crippen LogP contribution >= 0.6 is 15.9 Å². The second kappa shape index (κ2) is 5.27. The summed E-state index contributed by atoms with van der Waals surface area (Å²) < 4.78 is 25.1. The third kappa shape index (κ3) is 3.46. The first-order valence-corrected chi connectivity index (χ1v) is 8.25. The summed E-state index contributed by atoms with van der Waals surface area (Å²) in [7, 11) is -3.45. The van der Waals surface area contributed by atoms with Crippen molar-refractivity contribution in [2.75, 3.05) is 9.38 Å². The maximum absolute atomic E-state index is 11.9. The molecule has 0 unspecified atom stereocenters. The molecule has 1 aromatic carbocycles. The molecule has 7 heteroatoms. The van der Waals surface area contributed by atoms with E-state index in [9.17, 15) is 13.2 Å². The highest BCUT2D eigenvalue weighted by atomic mass is 79.9. The number of para-hydroxylation sites is 1. The SMILES string of the molecule is O=C(NC1CC1)c1ccccc1NS(=O)(=O)CBr. The van der Waals surface area contributed by atoms with Gasteiger partial charge in [-0.15, -0.1) is 0 Å². The topological polar surface area (TPSA) is 75.3 Å². The van der Waals surface area contributed by atoms with E-state index in [0.717, 1.165) is 12.8 Å². The van der Waals surface area contributed by atoms with Crippen molar-refractivity contribution in [3.05, 3.63) is 29.8 Å². The summed E-state index contributed by atoms with van der Waals surface area (Å²) in [5.41, 5.74) is 0.643. The minimum Gasteiger partial charge on any atom is -0.349 e. The molecule has 0 radical (unpaired) electrons. The molecule has 1 aliphatic rings. The molecule has 0 aliphatic heterocycles. The highest BCUT2D eigenvalue weighted by Gasteiger charge is 2.25. The first-order valence-electron chi connectivity index (χ1n) is 5.48. The van der Waals surface area contributed by atoms with Crippen molar-refractivity contribution < 1.29 is 13.2 Å². The minimum atomic E-state index is -3.45. The van der Waals surface area contributed by atoms with E-state index in [0.29, 0.717) is 11.3 Å². The average Bonchev–Trinajstić information content (AvgIpc) is 3.13. The molecule has 1 aliphatic carbocycles. The van der Waals surface area contributed by atoms with Gasteiger partial charge in [0.25, 0.3) is 5.91 Å². The Kier molecular flexibility index (Phi) is 3.91. The maximum atomic E-state index is 11.9. The van der Waals surface area contributed by atoms with E-state index in [1.165, 1.54) is 0 Å². The van der Waals surface area contributed by atoms with Crippen LogP contribution in [0.5, 0.6) is 0 Å². The molecule has 0 spiro atoms. The molecular weight excluding hydrogens is 320 g/mol. The van der Waals surface area contributed by atoms with E-state index in [-0.39, 0.29) is 16.6 Å². The minimum absolute atomic E-state index is 0.210. The summed E-state index contributed by atoms with van der Waals surface area (Å²) in [6, 6.07) is 6.79. The van der Waals surface area contributed by atoms with Crippen molar-refractivity contribution in [2.24, 2.45) is 0 Å². The predicted octanol–water partition coefficient (Wildman–Crippen LogP) is 1.67. The Morgan fingerprint density at radius 3 is 2.61 bits per heavy atom. The summed E-state index contributed by atoms with van der Waals surface area (Å²) >= 11 is 2.89. The second-order valence-electron chi connectivity index (χ2n) is 4.12. The fraction of sp³-hybridized carbons (Fsp3) is 0.364. The van der Waals surface area contributed by atoms with E-state index in [4.69, 9.17) is 0 Å². The van der Waals surface area contributed by atoms with Crippen molar-refractivity contribution in [3.63, 3.8) is 0 Å². The van der Waals surface area contributed by atoms with Crippen LogP contribution in [0.25, 0.3) is 0 Å². The van der Waals surface area contributed by atoms with Crippen molar-refractivity contribution in [3.8, 4) is 0 Å². The van der Waals surface area contributed by atoms with Crippen LogP contribution < -0.4 is 10.0 Å². The summed E-state index contributed by atoms with van der Waals surface area (Å²) in [4.78, 5) is 11.9. The molecular formula is C11H13BrN2O3S. The highest BCUT2D eigenvalue weighted by Crippen LogP contribution is 2.22. The van der Waals surface area contributed by atoms with Gasteiger partial charge in [-0.1, -0.05) is 28.1 Å². The molecule has 98 valence electrons. The molecule has 5 nitrogen and oxygen atoms in total. The van der Waals surface area contributed by atoms with Crippen LogP contribution in [0.1, 0.15) is 23.2 Å². The first-order chi connectivity index (χ1) is 8.52. The van der Waals surface area contributed by atoms with Gasteiger partial charge in [-0.3, -0.25) is 9.52 Å². The van der Waals surface area contributed by atoms with Crippen LogP contribution in [0.4, 0.5) is 5.69 Å². The van der Waals surface area contributed by atoms with E-state index < -0.39 is 10.0 Å². The van der Waals surface area contributed by atoms with Crippen LogP contribution in [0, 0.1) is 0 Å². The van der Waals surface area contributed by atoms with Gasteiger partial charge in [0.05, 0.1) is 11.3 Å². The summed E-state index contributed by atoms with van der Waals surface area (Å²) in [5.74, 6) is -0.245. The van der Waals surface area contributed by atoms with Gasteiger partial charge in [0.15, 0.2) is 0 Å². The molecule has 0 aromatic heterocycles. The Balaban J connectivity index is 2.21. The first kappa shape index (κ1) is 13.4. The number of benzene rings is 1. The number of halogens is 1. The molecule has 0 atom stereocenters. The monoisotopic (exact) mass is 332 g/mol. The van der Waals surface area contributed by atoms with Gasteiger partial charge in [-0.25, -0.2) is 8.42 Å². The zero-order chi connectivity index (χ0) is 13.2. The maximum Gasteiger partial charge on any atom is 0.253 e. The van der Waals surface area contributed by atoms with Crippen molar-refractivity contribution in [1.82, 2.24) is 5.32 Å². The fourth-order valence-corrected chi connectivity index (χ4v) is 2.37. The Hall–Kier alpha value is -1.08. The van der Waals surface area contributed by atoms with Crippen LogP contribution in [0.15, 0.2) is 24.3 Å². The molecule has 1 saturated carbocycles. The van der Waals surface area contributed by atoms with Gasteiger partial charge in [-0.05, 0) is 25.0 Å². The molecule has 1 fully saturated rings. The van der Waals surface area contributed by atoms with Gasteiger partial charge in [0.2, 0.25) is 10.0 Å². The van der Waals surface area contributed by atoms with Crippen LogP contribution in [-0.4, -0.2) is 25.0 Å². The van der Waals surface area contributed by atoms with Crippen molar-refractivity contribution in [1.29, 1.82) is 0 Å². The van der Waals surface area contributed by atoms with E-state index in [1.807, 2.05) is 0 Å². The normalized spacial score (nSPS) is 15.2. The van der Waals surface area contributed by atoms with Crippen molar-refractivity contribution in [2.45, 2.75) is 18.9 Å². The molecule has 2 N–H and O–H groups in total. The zero-order valence-electron chi connectivity index (χ0n) is 9.52. The highest BCUT2D eigenvalue weighted by molar-refractivity contribution is 9.10. The molecule has 1 aromatic rings. The molecule has 2 rings (SSSR count). The number of amides is 1. The van der Waals surface area contributed by atoms with Gasteiger partial charge < -0.3 is 5.32 Å². The number of hydrogen-bond acceptors (Lipinski definition) is 3. The van der Waals surface area contributed by atoms with Gasteiger partial charge in [0.1, 0.15) is 4.66 Å². The largest absolute Gasteiger partial charge is 0.349 e. The Morgan fingerprint density at radius 2 is 2.00 bits per heavy atom. The summed E-state index contributed by atoms with van der Waals surface area (Å²) in [5, 5.41) is 2.83. The van der Waals surface area contributed by atoms with E-state index in [2.05, 4.69) is 26.0 Å². The second-order valence-corrected chi connectivity index (χ2v) is 7.14. The lowest BCUT2D eigenvalue weighted by Crippen LogP contribution is -2.27. The lowest BCUT2D eigenvalue weighted by atomic mass is 10.1. The van der Waals surface area contributed by atoms with Crippen molar-refractivity contribution >= 4 is 37.5 Å². The number of nitrogens with one attached hydrogen (secondary N) is 2. The van der Waals surface area contributed by atoms with Crippen LogP contribution in [-0.2, 0) is 10.0 Å². The molecule has 1 amide bonds. The number of alkyl halides is 1. The van der Waals surface area contributed by atoms with Gasteiger partial charge in [-0.2, -0.15) is 0 Å². The standard InChI is InChI=1S/C11H13BrN2O3S/c12-7-18(16,17)14-10-4-2-1-3-9(10)11(15)13-8-5-6-8/h1-4,8,14H,5-7H2,(H,13,15). The fourth-order valence-electron chi connectivity index (χ4n) is 1.46. The zero-order valence-corrected chi connectivity index (χ0v) is 11.9. The number of anilines is 1. The quantitative estimate of drug-likeness (QED) is 0.805. The van der Waals surface area contributed by atoms with Gasteiger partial charge >= 0.3 is 0 Å². The average molecular weight is 333 g/mol. The lowest BCUT2D eigenvalue weighted by Gasteiger charge is -2.11. The lowest BCUT2D eigenvalue weighted by molar-refractivity contribution is 0.0952. The number of rotatable bonds is 5. The Labute approximate surface area is 114 Å². The van der Waals surface area contributed by atoms with Crippen LogP contribution in [0.3, 0.4) is 0 Å². The number of hydrogen-bond donors (Lipinski definition) is 2. The third-order valence-electron chi connectivity index (χ3n) is 2.49. The number of carbonyl (C=O) groups excluding carboxylic acids is 1. The third-order valence-corrected chi connectivity index (χ3v) is 5.12. The number of carbonyl (C=O) groups is 1. The summed E-state index contributed by atoms with van der Waals surface area (Å²) in [6.45, 7) is 0. The predicted molar refractivity (Wildman–Crippen MR) is 73.3 cm³/mol. The Bertz CT molecular complexity index is 555. The van der Waals surface area contributed by atoms with Gasteiger partial charge in [0, 0.05) is 6.04 Å². The number of sulfonamides is 1. The van der Waals surface area contributed by atoms with E-state index in [1.54, 1.807) is 24.3 Å². The summed E-state index contributed by atoms with van der Waals surface area (Å²) in [6.07, 6.45) is 1.97.